The van der Waals surface area contributed by atoms with E-state index in [0.29, 0.717) is 25.0 Å². The molecule has 5 unspecified atom stereocenters. The van der Waals surface area contributed by atoms with Crippen molar-refractivity contribution in [2.45, 2.75) is 44.3 Å². The lowest BCUT2D eigenvalue weighted by Gasteiger charge is -2.44. The summed E-state index contributed by atoms with van der Waals surface area (Å²) in [6.45, 7) is 2.58. The Kier molecular flexibility index (Phi) is 3.20. The first-order valence-electron chi connectivity index (χ1n) is 8.96. The second-order valence-electron chi connectivity index (χ2n) is 7.68. The molecular formula is C20H22O5. The maximum Gasteiger partial charge on any atom is 0.231 e. The number of carbonyl (C=O) groups excluding carboxylic acids is 1. The van der Waals surface area contributed by atoms with Crippen LogP contribution in [0.5, 0.6) is 11.5 Å². The van der Waals surface area contributed by atoms with E-state index in [4.69, 9.17) is 18.9 Å². The van der Waals surface area contributed by atoms with Crippen LogP contribution in [0.1, 0.15) is 37.7 Å². The molecule has 0 radical (unpaired) electrons. The lowest BCUT2D eigenvalue weighted by molar-refractivity contribution is -0.128. The molecule has 1 aromatic carbocycles. The third-order valence-corrected chi connectivity index (χ3v) is 6.62. The third-order valence-electron chi connectivity index (χ3n) is 6.62. The van der Waals surface area contributed by atoms with Crippen molar-refractivity contribution in [3.63, 3.8) is 0 Å². The summed E-state index contributed by atoms with van der Waals surface area (Å²) >= 11 is 0. The van der Waals surface area contributed by atoms with Crippen molar-refractivity contribution < 1.29 is 23.7 Å². The number of ketones is 1. The van der Waals surface area contributed by atoms with Gasteiger partial charge in [-0.1, -0.05) is 13.0 Å². The van der Waals surface area contributed by atoms with E-state index in [1.807, 2.05) is 6.07 Å². The van der Waals surface area contributed by atoms with E-state index in [1.54, 1.807) is 13.2 Å². The van der Waals surface area contributed by atoms with Gasteiger partial charge < -0.3 is 18.9 Å². The summed E-state index contributed by atoms with van der Waals surface area (Å²) in [4.78, 5) is 12.2. The monoisotopic (exact) mass is 342 g/mol. The van der Waals surface area contributed by atoms with Crippen molar-refractivity contribution in [1.29, 1.82) is 0 Å². The van der Waals surface area contributed by atoms with Crippen LogP contribution < -0.4 is 9.47 Å². The van der Waals surface area contributed by atoms with Gasteiger partial charge in [0.05, 0.1) is 6.10 Å². The zero-order chi connectivity index (χ0) is 17.2. The molecule has 0 amide bonds. The lowest BCUT2D eigenvalue weighted by atomic mass is 9.57. The maximum atomic E-state index is 12.2. The number of carbonyl (C=O) groups is 1. The fourth-order valence-corrected chi connectivity index (χ4v) is 5.23. The molecule has 5 rings (SSSR count). The highest BCUT2D eigenvalue weighted by atomic mass is 16.7. The highest BCUT2D eigenvalue weighted by molar-refractivity contribution is 5.95. The Morgan fingerprint density at radius 3 is 2.88 bits per heavy atom. The molecule has 1 spiro atoms. The smallest absolute Gasteiger partial charge is 0.231 e. The largest absolute Gasteiger partial charge is 0.494 e. The number of hydrogen-bond donors (Lipinski definition) is 0. The molecule has 132 valence electrons. The average molecular weight is 342 g/mol. The van der Waals surface area contributed by atoms with Gasteiger partial charge in [-0.25, -0.2) is 0 Å². The Morgan fingerprint density at radius 2 is 2.04 bits per heavy atom. The van der Waals surface area contributed by atoms with Gasteiger partial charge in [0.2, 0.25) is 6.79 Å². The molecule has 5 heteroatoms. The first-order valence-corrected chi connectivity index (χ1v) is 8.96. The van der Waals surface area contributed by atoms with E-state index >= 15 is 0 Å². The zero-order valence-electron chi connectivity index (χ0n) is 14.5. The minimum absolute atomic E-state index is 0.0301. The topological polar surface area (TPSA) is 54.0 Å². The fourth-order valence-electron chi connectivity index (χ4n) is 5.23. The minimum Gasteiger partial charge on any atom is -0.494 e. The SMILES string of the molecule is COC1CC23CC(CC(c4ccc5c(c4)OCO5)C2C)OC3=CC1=O. The number of rotatable bonds is 2. The predicted octanol–water partition coefficient (Wildman–Crippen LogP) is 3.19. The second-order valence-corrected chi connectivity index (χ2v) is 7.68. The highest BCUT2D eigenvalue weighted by Crippen LogP contribution is 2.62. The predicted molar refractivity (Wildman–Crippen MR) is 89.5 cm³/mol. The van der Waals surface area contributed by atoms with Crippen molar-refractivity contribution in [1.82, 2.24) is 0 Å². The van der Waals surface area contributed by atoms with Crippen molar-refractivity contribution in [2.24, 2.45) is 11.3 Å². The van der Waals surface area contributed by atoms with E-state index in [0.717, 1.165) is 30.1 Å². The Hall–Kier alpha value is -2.01. The van der Waals surface area contributed by atoms with Crippen molar-refractivity contribution in [3.8, 4) is 11.5 Å². The average Bonchev–Trinajstić information content (AvgIpc) is 3.19. The molecule has 2 bridgehead atoms. The van der Waals surface area contributed by atoms with Crippen LogP contribution in [0.3, 0.4) is 0 Å². The van der Waals surface area contributed by atoms with Crippen LogP contribution >= 0.6 is 0 Å². The fraction of sp³-hybridized carbons (Fsp3) is 0.550. The molecule has 2 aliphatic heterocycles. The Morgan fingerprint density at radius 1 is 1.20 bits per heavy atom. The molecule has 25 heavy (non-hydrogen) atoms. The van der Waals surface area contributed by atoms with Crippen LogP contribution in [0.4, 0.5) is 0 Å². The maximum absolute atomic E-state index is 12.2. The van der Waals surface area contributed by atoms with Gasteiger partial charge >= 0.3 is 0 Å². The van der Waals surface area contributed by atoms with Gasteiger partial charge in [0.15, 0.2) is 17.3 Å². The summed E-state index contributed by atoms with van der Waals surface area (Å²) in [5.74, 6) is 3.28. The summed E-state index contributed by atoms with van der Waals surface area (Å²) < 4.78 is 22.6. The van der Waals surface area contributed by atoms with Crippen LogP contribution in [0.15, 0.2) is 30.0 Å². The number of fused-ring (bicyclic) bond motifs is 2. The van der Waals surface area contributed by atoms with E-state index < -0.39 is 0 Å². The summed E-state index contributed by atoms with van der Waals surface area (Å²) in [5.41, 5.74) is 1.16. The molecule has 0 aromatic heterocycles. The van der Waals surface area contributed by atoms with Crippen LogP contribution in [-0.4, -0.2) is 31.9 Å². The highest BCUT2D eigenvalue weighted by Gasteiger charge is 2.58. The van der Waals surface area contributed by atoms with E-state index in [-0.39, 0.29) is 23.4 Å². The Labute approximate surface area is 146 Å². The molecule has 5 atom stereocenters. The lowest BCUT2D eigenvalue weighted by Crippen LogP contribution is -2.44. The quantitative estimate of drug-likeness (QED) is 0.826. The Bertz CT molecular complexity index is 769. The number of ether oxygens (including phenoxy) is 4. The van der Waals surface area contributed by atoms with Crippen LogP contribution in [0.25, 0.3) is 0 Å². The van der Waals surface area contributed by atoms with Crippen molar-refractivity contribution >= 4 is 5.78 Å². The molecule has 1 saturated heterocycles. The third kappa shape index (κ3) is 2.08. The standard InChI is InChI=1S/C20H22O5/c1-11-14(12-3-4-16-17(5-12)24-10-23-16)6-13-8-20(11)9-18(22-2)15(21)7-19(20)25-13/h3-5,7,11,13-14,18H,6,8-10H2,1-2H3. The van der Waals surface area contributed by atoms with Gasteiger partial charge in [-0.05, 0) is 48.8 Å². The molecule has 0 N–H and O–H groups in total. The van der Waals surface area contributed by atoms with Crippen LogP contribution in [0.2, 0.25) is 0 Å². The van der Waals surface area contributed by atoms with Gasteiger partial charge in [-0.3, -0.25) is 4.79 Å². The van der Waals surface area contributed by atoms with Gasteiger partial charge in [-0.2, -0.15) is 0 Å². The summed E-state index contributed by atoms with van der Waals surface area (Å²) in [6.07, 6.45) is 4.16. The zero-order valence-corrected chi connectivity index (χ0v) is 14.5. The van der Waals surface area contributed by atoms with Gasteiger partial charge in [-0.15, -0.1) is 0 Å². The van der Waals surface area contributed by atoms with Crippen LogP contribution in [0, 0.1) is 11.3 Å². The van der Waals surface area contributed by atoms with E-state index in [2.05, 4.69) is 19.1 Å². The summed E-state index contributed by atoms with van der Waals surface area (Å²) in [7, 11) is 1.62. The molecule has 1 aromatic rings. The number of allylic oxidation sites excluding steroid dienone is 1. The first kappa shape index (κ1) is 15.3. The molecule has 1 saturated carbocycles. The van der Waals surface area contributed by atoms with Gasteiger partial charge in [0.1, 0.15) is 11.9 Å². The summed E-state index contributed by atoms with van der Waals surface area (Å²) in [5, 5.41) is 0. The molecule has 5 nitrogen and oxygen atoms in total. The van der Waals surface area contributed by atoms with Gasteiger partial charge in [0.25, 0.3) is 0 Å². The molecule has 4 aliphatic rings. The van der Waals surface area contributed by atoms with E-state index in [1.165, 1.54) is 5.56 Å². The normalized spacial score (nSPS) is 38.2. The molecule has 2 fully saturated rings. The van der Waals surface area contributed by atoms with Gasteiger partial charge in [0, 0.05) is 18.6 Å². The second kappa shape index (κ2) is 5.24. The first-order chi connectivity index (χ1) is 12.1. The number of methoxy groups -OCH3 is 1. The Balaban J connectivity index is 1.53. The molecule has 2 heterocycles. The minimum atomic E-state index is -0.357. The number of hydrogen-bond acceptors (Lipinski definition) is 5. The van der Waals surface area contributed by atoms with Crippen LogP contribution in [-0.2, 0) is 14.3 Å². The molecule has 2 aliphatic carbocycles. The molecular weight excluding hydrogens is 320 g/mol. The van der Waals surface area contributed by atoms with Crippen molar-refractivity contribution in [3.05, 3.63) is 35.6 Å². The van der Waals surface area contributed by atoms with Crippen molar-refractivity contribution in [2.75, 3.05) is 13.9 Å². The van der Waals surface area contributed by atoms with E-state index in [9.17, 15) is 4.79 Å². The number of benzene rings is 1. The summed E-state index contributed by atoms with van der Waals surface area (Å²) in [6, 6.07) is 6.25.